The van der Waals surface area contributed by atoms with Crippen LogP contribution in [0.15, 0.2) is 0 Å². The molecule has 0 N–H and O–H groups in total. The van der Waals surface area contributed by atoms with Crippen LogP contribution in [0, 0.1) is 23.7 Å². The van der Waals surface area contributed by atoms with Crippen molar-refractivity contribution in [3.63, 3.8) is 0 Å². The van der Waals surface area contributed by atoms with Crippen LogP contribution in [0.3, 0.4) is 0 Å². The second kappa shape index (κ2) is 4.84. The largest absolute Gasteiger partial charge is 0.335 e. The van der Waals surface area contributed by atoms with Gasteiger partial charge in [-0.25, -0.2) is 9.78 Å². The van der Waals surface area contributed by atoms with Gasteiger partial charge in [-0.3, -0.25) is 0 Å². The van der Waals surface area contributed by atoms with E-state index in [1.54, 1.807) is 11.8 Å². The second-order valence-corrected chi connectivity index (χ2v) is 8.45. The molecule has 0 unspecified atom stereocenters. The summed E-state index contributed by atoms with van der Waals surface area (Å²) in [5.41, 5.74) is -0.217. The Balaban J connectivity index is 1.79. The number of hydrogen-bond donors (Lipinski definition) is 0. The van der Waals surface area contributed by atoms with Gasteiger partial charge < -0.3 is 9.47 Å². The predicted octanol–water partition coefficient (Wildman–Crippen LogP) is 3.56. The van der Waals surface area contributed by atoms with Crippen LogP contribution in [-0.2, 0) is 19.2 Å². The molecule has 0 aromatic heterocycles. The minimum atomic E-state index is -0.652. The molecule has 120 valence electrons. The normalized spacial score (nSPS) is 59.4. The van der Waals surface area contributed by atoms with Crippen LogP contribution in [0.5, 0.6) is 0 Å². The third kappa shape index (κ3) is 1.91. The first kappa shape index (κ1) is 14.8. The van der Waals surface area contributed by atoms with Crippen molar-refractivity contribution in [2.75, 3.05) is 6.26 Å². The number of hydrogen-bond acceptors (Lipinski definition) is 5. The third-order valence-corrected chi connectivity index (χ3v) is 7.33. The van der Waals surface area contributed by atoms with Gasteiger partial charge in [0.2, 0.25) is 5.79 Å². The lowest BCUT2D eigenvalue weighted by Gasteiger charge is -2.60. The Morgan fingerprint density at radius 1 is 1.05 bits per heavy atom. The molecule has 1 saturated carbocycles. The van der Waals surface area contributed by atoms with Gasteiger partial charge in [-0.1, -0.05) is 13.8 Å². The van der Waals surface area contributed by atoms with Gasteiger partial charge in [0.25, 0.3) is 0 Å². The van der Waals surface area contributed by atoms with Crippen molar-refractivity contribution in [1.29, 1.82) is 0 Å². The lowest BCUT2D eigenvalue weighted by atomic mass is 9.58. The van der Waals surface area contributed by atoms with Crippen LogP contribution in [0.4, 0.5) is 0 Å². The molecule has 0 aromatic rings. The smallest absolute Gasteiger partial charge is 0.201 e. The standard InChI is InChI=1S/C16H26O4S/c1-9-5-6-12-10(2)13(21-4)17-14-16(12)11(9)7-8-15(3,18-14)19-20-16/h9-14H,5-8H2,1-4H3/t9-,10-,11+,12+,13+,14-,15-,16-/m1/s1. The van der Waals surface area contributed by atoms with Crippen molar-refractivity contribution in [3.8, 4) is 0 Å². The molecule has 0 amide bonds. The Hall–Kier alpha value is 0.190. The summed E-state index contributed by atoms with van der Waals surface area (Å²) in [6.45, 7) is 6.63. The maximum atomic E-state index is 6.34. The summed E-state index contributed by atoms with van der Waals surface area (Å²) < 4.78 is 12.6. The highest BCUT2D eigenvalue weighted by Gasteiger charge is 2.69. The highest BCUT2D eigenvalue weighted by Crippen LogP contribution is 2.61. The molecule has 0 aromatic carbocycles. The van der Waals surface area contributed by atoms with Crippen molar-refractivity contribution >= 4 is 11.8 Å². The Morgan fingerprint density at radius 3 is 2.62 bits per heavy atom. The zero-order valence-electron chi connectivity index (χ0n) is 13.3. The minimum Gasteiger partial charge on any atom is -0.335 e. The zero-order chi connectivity index (χ0) is 14.8. The number of ether oxygens (including phenoxy) is 2. The molecule has 4 saturated heterocycles. The highest BCUT2D eigenvalue weighted by molar-refractivity contribution is 7.99. The summed E-state index contributed by atoms with van der Waals surface area (Å²) in [6, 6.07) is 0. The number of thioether (sulfide) groups is 1. The van der Waals surface area contributed by atoms with Gasteiger partial charge in [0, 0.05) is 12.3 Å². The van der Waals surface area contributed by atoms with Crippen LogP contribution >= 0.6 is 11.8 Å². The van der Waals surface area contributed by atoms with Gasteiger partial charge >= 0.3 is 0 Å². The van der Waals surface area contributed by atoms with Gasteiger partial charge in [-0.15, -0.1) is 11.8 Å². The molecule has 21 heavy (non-hydrogen) atoms. The monoisotopic (exact) mass is 314 g/mol. The van der Waals surface area contributed by atoms with Gasteiger partial charge in [-0.2, -0.15) is 0 Å². The SMILES string of the molecule is CS[C@@H]1O[C@@H]2O[C@@]3(C)CC[C@H]4[C@H](C)CC[C@@H]([C@H]1C)[C@@]24OO3. The maximum Gasteiger partial charge on any atom is 0.201 e. The molecule has 5 fully saturated rings. The molecular formula is C16H26O4S. The fourth-order valence-corrected chi connectivity index (χ4v) is 5.97. The van der Waals surface area contributed by atoms with Gasteiger partial charge in [-0.05, 0) is 50.2 Å². The molecule has 1 aliphatic carbocycles. The van der Waals surface area contributed by atoms with Crippen LogP contribution in [0.1, 0.15) is 46.5 Å². The first-order valence-corrected chi connectivity index (χ1v) is 9.52. The van der Waals surface area contributed by atoms with Gasteiger partial charge in [0.05, 0.1) is 0 Å². The van der Waals surface area contributed by atoms with E-state index in [0.29, 0.717) is 23.7 Å². The van der Waals surface area contributed by atoms with Crippen molar-refractivity contribution < 1.29 is 19.2 Å². The lowest BCUT2D eigenvalue weighted by Crippen LogP contribution is -2.70. The first-order valence-electron chi connectivity index (χ1n) is 8.23. The van der Waals surface area contributed by atoms with Crippen molar-refractivity contribution in [3.05, 3.63) is 0 Å². The Morgan fingerprint density at radius 2 is 1.86 bits per heavy atom. The highest BCUT2D eigenvalue weighted by atomic mass is 32.2. The second-order valence-electron chi connectivity index (χ2n) is 7.51. The number of rotatable bonds is 1. The van der Waals surface area contributed by atoms with E-state index in [2.05, 4.69) is 20.1 Å². The van der Waals surface area contributed by atoms with Crippen LogP contribution in [-0.4, -0.2) is 29.4 Å². The molecule has 8 atom stereocenters. The van der Waals surface area contributed by atoms with E-state index < -0.39 is 11.4 Å². The first-order chi connectivity index (χ1) is 10.00. The molecular weight excluding hydrogens is 288 g/mol. The number of fused-ring (bicyclic) bond motifs is 2. The average Bonchev–Trinajstić information content (AvgIpc) is 2.69. The fourth-order valence-electron chi connectivity index (χ4n) is 5.14. The molecule has 4 nitrogen and oxygen atoms in total. The summed E-state index contributed by atoms with van der Waals surface area (Å²) in [6.07, 6.45) is 6.27. The molecule has 4 aliphatic heterocycles. The quantitative estimate of drug-likeness (QED) is 0.692. The van der Waals surface area contributed by atoms with Crippen LogP contribution < -0.4 is 0 Å². The molecule has 2 bridgehead atoms. The summed E-state index contributed by atoms with van der Waals surface area (Å²) in [7, 11) is 0. The molecule has 0 radical (unpaired) electrons. The molecule has 4 heterocycles. The Bertz CT molecular complexity index is 433. The summed E-state index contributed by atoms with van der Waals surface area (Å²) in [4.78, 5) is 11.9. The van der Waals surface area contributed by atoms with Gasteiger partial charge in [0.15, 0.2) is 11.9 Å². The molecule has 5 rings (SSSR count). The molecule has 5 aliphatic rings. The lowest BCUT2D eigenvalue weighted by molar-refractivity contribution is -0.568. The van der Waals surface area contributed by atoms with E-state index >= 15 is 0 Å². The summed E-state index contributed by atoms with van der Waals surface area (Å²) in [5, 5.41) is 0. The average molecular weight is 314 g/mol. The zero-order valence-corrected chi connectivity index (χ0v) is 14.2. The van der Waals surface area contributed by atoms with E-state index in [-0.39, 0.29) is 11.7 Å². The molecule has 1 spiro atoms. The topological polar surface area (TPSA) is 36.9 Å². The Kier molecular flexibility index (Phi) is 3.40. The predicted molar refractivity (Wildman–Crippen MR) is 80.3 cm³/mol. The Labute approximate surface area is 131 Å². The summed E-state index contributed by atoms with van der Waals surface area (Å²) in [5.74, 6) is 1.37. The van der Waals surface area contributed by atoms with Crippen molar-refractivity contribution in [2.45, 2.75) is 69.6 Å². The minimum absolute atomic E-state index is 0.186. The van der Waals surface area contributed by atoms with E-state index in [1.165, 1.54) is 12.8 Å². The fraction of sp³-hybridized carbons (Fsp3) is 1.00. The van der Waals surface area contributed by atoms with Crippen molar-refractivity contribution in [2.24, 2.45) is 23.7 Å². The van der Waals surface area contributed by atoms with Crippen molar-refractivity contribution in [1.82, 2.24) is 0 Å². The summed E-state index contributed by atoms with van der Waals surface area (Å²) >= 11 is 1.79. The van der Waals surface area contributed by atoms with E-state index in [9.17, 15) is 0 Å². The van der Waals surface area contributed by atoms with Crippen LogP contribution in [0.25, 0.3) is 0 Å². The molecule has 5 heteroatoms. The van der Waals surface area contributed by atoms with E-state index in [0.717, 1.165) is 12.8 Å². The van der Waals surface area contributed by atoms with E-state index in [4.69, 9.17) is 19.2 Å². The van der Waals surface area contributed by atoms with Crippen LogP contribution in [0.2, 0.25) is 0 Å². The third-order valence-electron chi connectivity index (χ3n) is 6.33. The van der Waals surface area contributed by atoms with E-state index in [1.807, 2.05) is 6.92 Å². The van der Waals surface area contributed by atoms with Gasteiger partial charge in [0.1, 0.15) is 5.44 Å². The maximum absolute atomic E-state index is 6.34.